The lowest BCUT2D eigenvalue weighted by molar-refractivity contribution is -0.142. The van der Waals surface area contributed by atoms with E-state index in [4.69, 9.17) is 0 Å². The summed E-state index contributed by atoms with van der Waals surface area (Å²) in [5.74, 6) is -0.594. The van der Waals surface area contributed by atoms with Crippen LogP contribution in [0.15, 0.2) is 42.6 Å². The number of carbonyl (C=O) groups excluding carboxylic acids is 1. The monoisotopic (exact) mass is 396 g/mol. The molecule has 0 atom stereocenters. The standard InChI is InChI=1S/C19H20F4N4O/c20-15-3-5-16(6-4-15)25-17(28)13-27-10-8-26(9-11-27)12-14-2-1-7-24-18(14)19(21,22)23/h1-7H,8-13H2,(H,25,28). The molecule has 1 aliphatic heterocycles. The van der Waals surface area contributed by atoms with Gasteiger partial charge in [-0.1, -0.05) is 6.07 Å². The zero-order valence-electron chi connectivity index (χ0n) is 15.0. The molecule has 1 aliphatic rings. The van der Waals surface area contributed by atoms with Crippen molar-refractivity contribution in [1.82, 2.24) is 14.8 Å². The number of carbonyl (C=O) groups is 1. The lowest BCUT2D eigenvalue weighted by Crippen LogP contribution is -2.48. The van der Waals surface area contributed by atoms with Crippen molar-refractivity contribution in [1.29, 1.82) is 0 Å². The molecule has 0 aliphatic carbocycles. The Labute approximate surface area is 160 Å². The first-order chi connectivity index (χ1) is 13.3. The highest BCUT2D eigenvalue weighted by Crippen LogP contribution is 2.30. The van der Waals surface area contributed by atoms with Crippen LogP contribution in [0.25, 0.3) is 0 Å². The molecule has 2 heterocycles. The molecule has 5 nitrogen and oxygen atoms in total. The fraction of sp³-hybridized carbons (Fsp3) is 0.368. The fourth-order valence-electron chi connectivity index (χ4n) is 3.10. The van der Waals surface area contributed by atoms with Gasteiger partial charge < -0.3 is 5.32 Å². The maximum Gasteiger partial charge on any atom is 0.433 e. The second kappa shape index (κ2) is 8.66. The van der Waals surface area contributed by atoms with Gasteiger partial charge in [-0.05, 0) is 35.9 Å². The van der Waals surface area contributed by atoms with E-state index in [2.05, 4.69) is 10.3 Å². The molecule has 1 saturated heterocycles. The van der Waals surface area contributed by atoms with E-state index in [0.717, 1.165) is 6.20 Å². The fourth-order valence-corrected chi connectivity index (χ4v) is 3.10. The summed E-state index contributed by atoms with van der Waals surface area (Å²) in [5, 5.41) is 2.70. The van der Waals surface area contributed by atoms with Gasteiger partial charge in [0.25, 0.3) is 0 Å². The molecular weight excluding hydrogens is 376 g/mol. The lowest BCUT2D eigenvalue weighted by atomic mass is 10.1. The predicted octanol–water partition coefficient (Wildman–Crippen LogP) is 3.00. The van der Waals surface area contributed by atoms with Crippen LogP contribution in [0.1, 0.15) is 11.3 Å². The van der Waals surface area contributed by atoms with Gasteiger partial charge in [0.2, 0.25) is 5.91 Å². The van der Waals surface area contributed by atoms with E-state index in [1.165, 1.54) is 36.4 Å². The van der Waals surface area contributed by atoms with Crippen LogP contribution in [-0.4, -0.2) is 53.4 Å². The number of benzene rings is 1. The number of amides is 1. The number of piperazine rings is 1. The van der Waals surface area contributed by atoms with Crippen molar-refractivity contribution in [3.05, 3.63) is 59.7 Å². The van der Waals surface area contributed by atoms with E-state index >= 15 is 0 Å². The average Bonchev–Trinajstić information content (AvgIpc) is 2.65. The Bertz CT molecular complexity index is 802. The van der Waals surface area contributed by atoms with Crippen molar-refractivity contribution >= 4 is 11.6 Å². The Morgan fingerprint density at radius 3 is 2.32 bits per heavy atom. The van der Waals surface area contributed by atoms with Crippen LogP contribution in [0.5, 0.6) is 0 Å². The van der Waals surface area contributed by atoms with Gasteiger partial charge in [0.15, 0.2) is 0 Å². The number of alkyl halides is 3. The summed E-state index contributed by atoms with van der Waals surface area (Å²) in [6.45, 7) is 2.58. The van der Waals surface area contributed by atoms with Crippen molar-refractivity contribution in [2.45, 2.75) is 12.7 Å². The number of halogens is 4. The number of nitrogens with one attached hydrogen (secondary N) is 1. The maximum absolute atomic E-state index is 13.1. The highest BCUT2D eigenvalue weighted by molar-refractivity contribution is 5.92. The average molecular weight is 396 g/mol. The second-order valence-corrected chi connectivity index (χ2v) is 6.62. The number of hydrogen-bond donors (Lipinski definition) is 1. The Balaban J connectivity index is 1.48. The van der Waals surface area contributed by atoms with Gasteiger partial charge in [-0.15, -0.1) is 0 Å². The topological polar surface area (TPSA) is 48.5 Å². The van der Waals surface area contributed by atoms with Crippen LogP contribution in [0, 0.1) is 5.82 Å². The molecule has 1 aromatic heterocycles. The van der Waals surface area contributed by atoms with E-state index < -0.39 is 11.9 Å². The SMILES string of the molecule is O=C(CN1CCN(Cc2cccnc2C(F)(F)F)CC1)Nc1ccc(F)cc1. The van der Waals surface area contributed by atoms with Gasteiger partial charge in [0.05, 0.1) is 6.54 Å². The molecule has 0 radical (unpaired) electrons. The quantitative estimate of drug-likeness (QED) is 0.790. The summed E-state index contributed by atoms with van der Waals surface area (Å²) < 4.78 is 52.1. The Kier molecular flexibility index (Phi) is 6.25. The molecule has 0 unspecified atom stereocenters. The minimum atomic E-state index is -4.48. The summed E-state index contributed by atoms with van der Waals surface area (Å²) in [6, 6.07) is 8.44. The van der Waals surface area contributed by atoms with Crippen molar-refractivity contribution < 1.29 is 22.4 Å². The second-order valence-electron chi connectivity index (χ2n) is 6.62. The van der Waals surface area contributed by atoms with Crippen LogP contribution in [0.3, 0.4) is 0 Å². The third-order valence-corrected chi connectivity index (χ3v) is 4.51. The summed E-state index contributed by atoms with van der Waals surface area (Å²) in [7, 11) is 0. The first-order valence-corrected chi connectivity index (χ1v) is 8.82. The van der Waals surface area contributed by atoms with Crippen LogP contribution < -0.4 is 5.32 Å². The zero-order valence-corrected chi connectivity index (χ0v) is 15.0. The van der Waals surface area contributed by atoms with Gasteiger partial charge in [-0.3, -0.25) is 19.6 Å². The smallest absolute Gasteiger partial charge is 0.325 e. The number of aromatic nitrogens is 1. The first-order valence-electron chi connectivity index (χ1n) is 8.82. The number of anilines is 1. The van der Waals surface area contributed by atoms with Crippen LogP contribution >= 0.6 is 0 Å². The molecule has 0 bridgehead atoms. The molecule has 1 aromatic carbocycles. The molecule has 0 spiro atoms. The minimum Gasteiger partial charge on any atom is -0.325 e. The zero-order chi connectivity index (χ0) is 20.1. The molecule has 1 fully saturated rings. The Morgan fingerprint density at radius 1 is 1.04 bits per heavy atom. The normalized spacial score (nSPS) is 16.1. The number of nitrogens with zero attached hydrogens (tertiary/aromatic N) is 3. The van der Waals surface area contributed by atoms with Crippen molar-refractivity contribution in [2.75, 3.05) is 38.0 Å². The molecule has 28 heavy (non-hydrogen) atoms. The molecule has 3 rings (SSSR count). The van der Waals surface area contributed by atoms with Gasteiger partial charge in [0, 0.05) is 44.6 Å². The molecular formula is C19H20F4N4O. The van der Waals surface area contributed by atoms with Crippen molar-refractivity contribution in [3.8, 4) is 0 Å². The van der Waals surface area contributed by atoms with Gasteiger partial charge >= 0.3 is 6.18 Å². The van der Waals surface area contributed by atoms with Crippen molar-refractivity contribution in [3.63, 3.8) is 0 Å². The first kappa shape index (κ1) is 20.2. The van der Waals surface area contributed by atoms with E-state index in [-0.39, 0.29) is 30.4 Å². The Hall–Kier alpha value is -2.52. The summed E-state index contributed by atoms with van der Waals surface area (Å²) >= 11 is 0. The molecule has 1 amide bonds. The number of rotatable bonds is 5. The molecule has 2 aromatic rings. The third-order valence-electron chi connectivity index (χ3n) is 4.51. The number of hydrogen-bond acceptors (Lipinski definition) is 4. The summed E-state index contributed by atoms with van der Waals surface area (Å²) in [5.41, 5.74) is -0.185. The van der Waals surface area contributed by atoms with Crippen LogP contribution in [-0.2, 0) is 17.5 Å². The minimum absolute atomic E-state index is 0.150. The summed E-state index contributed by atoms with van der Waals surface area (Å²) in [6.07, 6.45) is -3.33. The van der Waals surface area contributed by atoms with E-state index in [0.29, 0.717) is 31.9 Å². The largest absolute Gasteiger partial charge is 0.433 e. The maximum atomic E-state index is 13.1. The van der Waals surface area contributed by atoms with E-state index in [1.54, 1.807) is 0 Å². The molecule has 1 N–H and O–H groups in total. The van der Waals surface area contributed by atoms with E-state index in [9.17, 15) is 22.4 Å². The Morgan fingerprint density at radius 2 is 1.68 bits per heavy atom. The molecule has 0 saturated carbocycles. The highest BCUT2D eigenvalue weighted by atomic mass is 19.4. The van der Waals surface area contributed by atoms with Crippen LogP contribution in [0.2, 0.25) is 0 Å². The van der Waals surface area contributed by atoms with Crippen molar-refractivity contribution in [2.24, 2.45) is 0 Å². The van der Waals surface area contributed by atoms with Gasteiger partial charge in [-0.2, -0.15) is 13.2 Å². The van der Waals surface area contributed by atoms with Gasteiger partial charge in [-0.25, -0.2) is 4.39 Å². The van der Waals surface area contributed by atoms with Gasteiger partial charge in [0.1, 0.15) is 11.5 Å². The lowest BCUT2D eigenvalue weighted by Gasteiger charge is -2.34. The number of pyridine rings is 1. The van der Waals surface area contributed by atoms with E-state index in [1.807, 2.05) is 9.80 Å². The third kappa shape index (κ3) is 5.49. The molecule has 150 valence electrons. The highest BCUT2D eigenvalue weighted by Gasteiger charge is 2.35. The molecule has 9 heteroatoms. The van der Waals surface area contributed by atoms with Crippen LogP contribution in [0.4, 0.5) is 23.2 Å². The summed E-state index contributed by atoms with van der Waals surface area (Å²) in [4.78, 5) is 19.4. The predicted molar refractivity (Wildman–Crippen MR) is 96.0 cm³/mol.